The van der Waals surface area contributed by atoms with E-state index < -0.39 is 0 Å². The monoisotopic (exact) mass is 379 g/mol. The predicted molar refractivity (Wildman–Crippen MR) is 114 cm³/mol. The largest absolute Gasteiger partial charge is 0.326 e. The summed E-state index contributed by atoms with van der Waals surface area (Å²) in [7, 11) is 0. The van der Waals surface area contributed by atoms with Crippen LogP contribution in [0.2, 0.25) is 0 Å². The first-order chi connectivity index (χ1) is 13.5. The molecule has 0 radical (unpaired) electrons. The van der Waals surface area contributed by atoms with Gasteiger partial charge in [-0.25, -0.2) is 5.43 Å². The fourth-order valence-corrected chi connectivity index (χ4v) is 2.74. The number of carbonyl (C=O) groups excluding carboxylic acids is 2. The van der Waals surface area contributed by atoms with E-state index in [1.54, 1.807) is 0 Å². The van der Waals surface area contributed by atoms with Gasteiger partial charge in [0.05, 0.1) is 5.71 Å². The molecular weight excluding hydrogens is 350 g/mol. The number of nitrogens with one attached hydrogen (secondary N) is 2. The van der Waals surface area contributed by atoms with Crippen LogP contribution in [0.4, 0.5) is 5.69 Å². The van der Waals surface area contributed by atoms with Gasteiger partial charge in [0.25, 0.3) is 0 Å². The van der Waals surface area contributed by atoms with Crippen molar-refractivity contribution >= 4 is 23.2 Å². The highest BCUT2D eigenvalue weighted by molar-refractivity contribution is 6.01. The Morgan fingerprint density at radius 3 is 2.36 bits per heavy atom. The Kier molecular flexibility index (Phi) is 8.40. The first kappa shape index (κ1) is 21.4. The third-order valence-electron chi connectivity index (χ3n) is 4.44. The van der Waals surface area contributed by atoms with E-state index in [4.69, 9.17) is 0 Å². The minimum atomic E-state index is -0.263. The van der Waals surface area contributed by atoms with E-state index in [1.165, 1.54) is 0 Å². The summed E-state index contributed by atoms with van der Waals surface area (Å²) in [6.07, 6.45) is 3.06. The molecule has 0 aliphatic carbocycles. The number of hydrogen-bond donors (Lipinski definition) is 2. The van der Waals surface area contributed by atoms with Gasteiger partial charge in [-0.05, 0) is 49.4 Å². The lowest BCUT2D eigenvalue weighted by Gasteiger charge is -2.09. The SMILES string of the molecule is CCCCC(=NNC(=O)CCC(=O)Nc1cc(C)ccc1C)c1ccccc1. The normalized spacial score (nSPS) is 11.2. The molecule has 2 aromatic rings. The lowest BCUT2D eigenvalue weighted by Crippen LogP contribution is -2.22. The van der Waals surface area contributed by atoms with Crippen LogP contribution < -0.4 is 10.7 Å². The van der Waals surface area contributed by atoms with E-state index in [9.17, 15) is 9.59 Å². The van der Waals surface area contributed by atoms with Crippen LogP contribution in [0.5, 0.6) is 0 Å². The number of rotatable bonds is 9. The zero-order valence-corrected chi connectivity index (χ0v) is 16.9. The fourth-order valence-electron chi connectivity index (χ4n) is 2.74. The van der Waals surface area contributed by atoms with Gasteiger partial charge in [0, 0.05) is 18.5 Å². The van der Waals surface area contributed by atoms with Crippen LogP contribution in [-0.4, -0.2) is 17.5 Å². The Bertz CT molecular complexity index is 829. The van der Waals surface area contributed by atoms with Crippen molar-refractivity contribution in [1.82, 2.24) is 5.43 Å². The molecular formula is C23H29N3O2. The van der Waals surface area contributed by atoms with Gasteiger partial charge in [-0.3, -0.25) is 9.59 Å². The Balaban J connectivity index is 1.88. The summed E-state index contributed by atoms with van der Waals surface area (Å²) >= 11 is 0. The van der Waals surface area contributed by atoms with Crippen molar-refractivity contribution in [2.45, 2.75) is 52.9 Å². The number of unbranched alkanes of at least 4 members (excludes halogenated alkanes) is 1. The maximum absolute atomic E-state index is 12.2. The zero-order valence-electron chi connectivity index (χ0n) is 16.9. The summed E-state index contributed by atoms with van der Waals surface area (Å²) < 4.78 is 0. The van der Waals surface area contributed by atoms with Crippen LogP contribution in [0.15, 0.2) is 53.6 Å². The van der Waals surface area contributed by atoms with Gasteiger partial charge in [-0.15, -0.1) is 0 Å². The zero-order chi connectivity index (χ0) is 20.4. The molecule has 5 heteroatoms. The molecule has 0 fully saturated rings. The summed E-state index contributed by atoms with van der Waals surface area (Å²) in [5, 5.41) is 7.17. The number of carbonyl (C=O) groups is 2. The van der Waals surface area contributed by atoms with E-state index in [2.05, 4.69) is 22.8 Å². The third kappa shape index (κ3) is 6.99. The molecule has 28 heavy (non-hydrogen) atoms. The molecule has 0 aromatic heterocycles. The molecule has 0 unspecified atom stereocenters. The summed E-state index contributed by atoms with van der Waals surface area (Å²) in [6, 6.07) is 15.7. The second-order valence-electron chi connectivity index (χ2n) is 6.93. The Hall–Kier alpha value is -2.95. The van der Waals surface area contributed by atoms with Crippen molar-refractivity contribution in [3.8, 4) is 0 Å². The predicted octanol–water partition coefficient (Wildman–Crippen LogP) is 4.73. The lowest BCUT2D eigenvalue weighted by molar-refractivity contribution is -0.124. The van der Waals surface area contributed by atoms with Crippen molar-refractivity contribution in [1.29, 1.82) is 0 Å². The minimum absolute atomic E-state index is 0.0933. The molecule has 0 spiro atoms. The minimum Gasteiger partial charge on any atom is -0.326 e. The van der Waals surface area contributed by atoms with Crippen LogP contribution >= 0.6 is 0 Å². The highest BCUT2D eigenvalue weighted by Gasteiger charge is 2.09. The van der Waals surface area contributed by atoms with Crippen LogP contribution in [0.1, 0.15) is 55.7 Å². The Morgan fingerprint density at radius 1 is 0.929 bits per heavy atom. The molecule has 2 aromatic carbocycles. The molecule has 0 aliphatic rings. The standard InChI is InChI=1S/C23H29N3O2/c1-4-5-11-20(19-9-7-6-8-10-19)25-26-23(28)15-14-22(27)24-21-16-17(2)12-13-18(21)3/h6-10,12-13,16H,4-5,11,14-15H2,1-3H3,(H,24,27)(H,26,28). The van der Waals surface area contributed by atoms with Gasteiger partial charge in [-0.1, -0.05) is 55.8 Å². The van der Waals surface area contributed by atoms with Crippen LogP contribution in [-0.2, 0) is 9.59 Å². The van der Waals surface area contributed by atoms with E-state index in [1.807, 2.05) is 62.4 Å². The van der Waals surface area contributed by atoms with Crippen LogP contribution in [0, 0.1) is 13.8 Å². The molecule has 0 heterocycles. The topological polar surface area (TPSA) is 70.6 Å². The number of benzene rings is 2. The van der Waals surface area contributed by atoms with E-state index in [0.717, 1.165) is 47.4 Å². The third-order valence-corrected chi connectivity index (χ3v) is 4.44. The van der Waals surface area contributed by atoms with Gasteiger partial charge >= 0.3 is 0 Å². The van der Waals surface area contributed by atoms with Crippen molar-refractivity contribution in [3.63, 3.8) is 0 Å². The number of hydrazone groups is 1. The van der Waals surface area contributed by atoms with Gasteiger partial charge in [0.15, 0.2) is 0 Å². The maximum atomic E-state index is 12.2. The summed E-state index contributed by atoms with van der Waals surface area (Å²) in [6.45, 7) is 6.04. The van der Waals surface area contributed by atoms with Crippen LogP contribution in [0.3, 0.4) is 0 Å². The highest BCUT2D eigenvalue weighted by Crippen LogP contribution is 2.16. The summed E-state index contributed by atoms with van der Waals surface area (Å²) in [5.74, 6) is -0.442. The highest BCUT2D eigenvalue weighted by atomic mass is 16.2. The van der Waals surface area contributed by atoms with Gasteiger partial charge in [0.2, 0.25) is 11.8 Å². The second-order valence-corrected chi connectivity index (χ2v) is 6.93. The molecule has 0 atom stereocenters. The molecule has 2 N–H and O–H groups in total. The molecule has 0 saturated heterocycles. The van der Waals surface area contributed by atoms with Gasteiger partial charge in [-0.2, -0.15) is 5.10 Å². The first-order valence-corrected chi connectivity index (χ1v) is 9.77. The molecule has 5 nitrogen and oxygen atoms in total. The fraction of sp³-hybridized carbons (Fsp3) is 0.348. The lowest BCUT2D eigenvalue weighted by atomic mass is 10.1. The van der Waals surface area contributed by atoms with Gasteiger partial charge in [0.1, 0.15) is 0 Å². The van der Waals surface area contributed by atoms with Crippen molar-refractivity contribution in [3.05, 3.63) is 65.2 Å². The van der Waals surface area contributed by atoms with E-state index >= 15 is 0 Å². The van der Waals surface area contributed by atoms with Crippen molar-refractivity contribution in [2.24, 2.45) is 5.10 Å². The average Bonchev–Trinajstić information content (AvgIpc) is 2.70. The average molecular weight is 380 g/mol. The maximum Gasteiger partial charge on any atom is 0.240 e. The Labute approximate surface area is 167 Å². The van der Waals surface area contributed by atoms with Gasteiger partial charge < -0.3 is 5.32 Å². The number of aryl methyl sites for hydroxylation is 2. The number of hydrogen-bond acceptors (Lipinski definition) is 3. The molecule has 0 saturated carbocycles. The molecule has 0 aliphatic heterocycles. The second kappa shape index (κ2) is 11.0. The summed E-state index contributed by atoms with van der Waals surface area (Å²) in [5.41, 5.74) is 7.32. The van der Waals surface area contributed by atoms with Crippen LogP contribution in [0.25, 0.3) is 0 Å². The smallest absolute Gasteiger partial charge is 0.240 e. The van der Waals surface area contributed by atoms with Crippen molar-refractivity contribution < 1.29 is 9.59 Å². The molecule has 148 valence electrons. The van der Waals surface area contributed by atoms with Crippen molar-refractivity contribution in [2.75, 3.05) is 5.32 Å². The first-order valence-electron chi connectivity index (χ1n) is 9.77. The number of anilines is 1. The molecule has 2 amide bonds. The Morgan fingerprint density at radius 2 is 1.64 bits per heavy atom. The molecule has 2 rings (SSSR count). The molecule has 0 bridgehead atoms. The van der Waals surface area contributed by atoms with E-state index in [0.29, 0.717) is 0 Å². The number of nitrogens with zero attached hydrogens (tertiary/aromatic N) is 1. The summed E-state index contributed by atoms with van der Waals surface area (Å²) in [4.78, 5) is 24.3. The van der Waals surface area contributed by atoms with E-state index in [-0.39, 0.29) is 24.7 Å². The number of amides is 2. The quantitative estimate of drug-likeness (QED) is 0.488.